The lowest BCUT2D eigenvalue weighted by Crippen LogP contribution is -2.58. The highest BCUT2D eigenvalue weighted by Gasteiger charge is 3.03. The van der Waals surface area contributed by atoms with Crippen LogP contribution in [0.5, 0.6) is 0 Å². The van der Waals surface area contributed by atoms with Crippen LogP contribution >= 0.6 is 0 Å². The van der Waals surface area contributed by atoms with E-state index in [4.69, 9.17) is 9.47 Å². The summed E-state index contributed by atoms with van der Waals surface area (Å²) in [4.78, 5) is 59.1. The van der Waals surface area contributed by atoms with Crippen LogP contribution in [-0.4, -0.2) is 51.0 Å². The van der Waals surface area contributed by atoms with Crippen molar-refractivity contribution in [2.75, 3.05) is 6.54 Å². The normalized spacial score (nSPS) is 27.3. The summed E-state index contributed by atoms with van der Waals surface area (Å²) in [5.74, 6) is -2.70. The average molecular weight is 740 g/mol. The maximum atomic E-state index is 16.1. The van der Waals surface area contributed by atoms with Crippen molar-refractivity contribution in [2.45, 2.75) is 93.8 Å². The van der Waals surface area contributed by atoms with E-state index in [0.29, 0.717) is 48.9 Å². The van der Waals surface area contributed by atoms with Crippen LogP contribution in [0, 0.1) is 31.6 Å². The summed E-state index contributed by atoms with van der Waals surface area (Å²) in [6.45, 7) is 0.270. The van der Waals surface area contributed by atoms with Gasteiger partial charge in [-0.05, 0) is 91.2 Å². The van der Waals surface area contributed by atoms with Crippen molar-refractivity contribution in [1.82, 2.24) is 4.90 Å². The van der Waals surface area contributed by atoms with Gasteiger partial charge in [0.1, 0.15) is 17.6 Å². The summed E-state index contributed by atoms with van der Waals surface area (Å²) < 4.78 is 13.4. The molecule has 0 radical (unpaired) electrons. The lowest BCUT2D eigenvalue weighted by molar-refractivity contribution is -0.442. The van der Waals surface area contributed by atoms with Crippen LogP contribution < -0.4 is 0 Å². The molecular formula is C44H41N3O8. The summed E-state index contributed by atoms with van der Waals surface area (Å²) in [6, 6.07) is 23.1. The minimum absolute atomic E-state index is 0.270. The highest BCUT2D eigenvalue weighted by molar-refractivity contribution is 6.12. The van der Waals surface area contributed by atoms with E-state index in [-0.39, 0.29) is 12.1 Å². The Hall–Kier alpha value is -5.58. The number of rotatable bonds is 6. The number of nitro groups is 2. The van der Waals surface area contributed by atoms with Gasteiger partial charge in [0.2, 0.25) is 0 Å². The molecule has 1 spiro atoms. The first-order valence-corrected chi connectivity index (χ1v) is 19.7. The van der Waals surface area contributed by atoms with Gasteiger partial charge in [-0.15, -0.1) is 0 Å². The van der Waals surface area contributed by atoms with Gasteiger partial charge >= 0.3 is 11.9 Å². The van der Waals surface area contributed by atoms with Gasteiger partial charge < -0.3 is 14.4 Å². The monoisotopic (exact) mass is 739 g/mol. The Kier molecular flexibility index (Phi) is 7.54. The Morgan fingerprint density at radius 2 is 1.22 bits per heavy atom. The first kappa shape index (κ1) is 33.9. The minimum Gasteiger partial charge on any atom is -0.462 e. The van der Waals surface area contributed by atoms with Gasteiger partial charge in [0.05, 0.1) is 27.3 Å². The van der Waals surface area contributed by atoms with Crippen molar-refractivity contribution in [3.63, 3.8) is 0 Å². The third-order valence-electron chi connectivity index (χ3n) is 13.7. The van der Waals surface area contributed by atoms with Gasteiger partial charge in [-0.3, -0.25) is 25.0 Å². The van der Waals surface area contributed by atoms with Gasteiger partial charge in [0.15, 0.2) is 5.54 Å². The largest absolute Gasteiger partial charge is 0.462 e. The molecule has 280 valence electrons. The lowest BCUT2D eigenvalue weighted by Gasteiger charge is -2.47. The molecular weight excluding hydrogens is 698 g/mol. The molecule has 0 amide bonds. The summed E-state index contributed by atoms with van der Waals surface area (Å²) in [5.41, 5.74) is -0.840. The third kappa shape index (κ3) is 4.21. The molecule has 0 N–H and O–H groups in total. The van der Waals surface area contributed by atoms with Crippen LogP contribution in [0.15, 0.2) is 102 Å². The van der Waals surface area contributed by atoms with Gasteiger partial charge in [-0.25, -0.2) is 4.79 Å². The molecule has 2 aliphatic heterocycles. The number of hydrogen-bond donors (Lipinski definition) is 0. The molecule has 3 unspecified atom stereocenters. The predicted octanol–water partition coefficient (Wildman–Crippen LogP) is 7.68. The Bertz CT molecular complexity index is 2250. The van der Waals surface area contributed by atoms with Gasteiger partial charge in [0.25, 0.3) is 11.4 Å². The molecule has 0 bridgehead atoms. The van der Waals surface area contributed by atoms with E-state index in [0.717, 1.165) is 66.9 Å². The molecule has 0 aromatic heterocycles. The summed E-state index contributed by atoms with van der Waals surface area (Å²) in [6.07, 6.45) is 10.3. The number of fused-ring (bicyclic) bond motifs is 14. The summed E-state index contributed by atoms with van der Waals surface area (Å²) in [5, 5.41) is 26.2. The molecule has 11 heteroatoms. The van der Waals surface area contributed by atoms with Crippen LogP contribution in [0.25, 0.3) is 16.8 Å². The van der Waals surface area contributed by atoms with Gasteiger partial charge in [-0.1, -0.05) is 85.6 Å². The van der Waals surface area contributed by atoms with Crippen LogP contribution in [0.2, 0.25) is 0 Å². The quantitative estimate of drug-likeness (QED) is 0.141. The first-order valence-electron chi connectivity index (χ1n) is 19.7. The third-order valence-corrected chi connectivity index (χ3v) is 13.7. The van der Waals surface area contributed by atoms with E-state index in [9.17, 15) is 20.2 Å². The molecule has 10 rings (SSSR count). The first-order chi connectivity index (χ1) is 26.8. The van der Waals surface area contributed by atoms with E-state index in [1.165, 1.54) is 6.08 Å². The van der Waals surface area contributed by atoms with Crippen molar-refractivity contribution in [2.24, 2.45) is 11.3 Å². The van der Waals surface area contributed by atoms with Crippen LogP contribution in [0.3, 0.4) is 0 Å². The standard InChI is InChI=1S/C44H41N3O8/c48-40(54-29-14-3-1-4-15-29)43-38-34(25-28(46(50)51)26-37(38)47(52)53)39-31-18-8-7-13-27(31)23-24-45(39)44(43,41(49)55-30-16-5-2-6-17-30)42(43)35-21-11-9-19-32(35)33-20-10-12-22-36(33)42/h7-13,18-22,25-26,29-30,38H,1-6,14-17,23-24H2. The maximum Gasteiger partial charge on any atom is 0.334 e. The molecule has 3 aromatic carbocycles. The Morgan fingerprint density at radius 1 is 0.673 bits per heavy atom. The summed E-state index contributed by atoms with van der Waals surface area (Å²) >= 11 is 0. The van der Waals surface area contributed by atoms with Gasteiger partial charge in [0, 0.05) is 23.9 Å². The minimum atomic E-state index is -1.98. The molecule has 3 saturated carbocycles. The number of ether oxygens (including phenoxy) is 2. The number of carbonyl (C=O) groups excluding carboxylic acids is 2. The van der Waals surface area contributed by atoms with Gasteiger partial charge in [-0.2, -0.15) is 0 Å². The second kappa shape index (κ2) is 12.2. The Morgan fingerprint density at radius 3 is 1.80 bits per heavy atom. The zero-order valence-electron chi connectivity index (χ0n) is 30.4. The van der Waals surface area contributed by atoms with E-state index in [2.05, 4.69) is 0 Å². The maximum absolute atomic E-state index is 16.1. The fourth-order valence-electron chi connectivity index (χ4n) is 11.9. The topological polar surface area (TPSA) is 142 Å². The van der Waals surface area contributed by atoms with E-state index < -0.39 is 67.7 Å². The number of nitrogens with zero attached hydrogens (tertiary/aromatic N) is 3. The van der Waals surface area contributed by atoms with Crippen LogP contribution in [0.4, 0.5) is 0 Å². The highest BCUT2D eigenvalue weighted by atomic mass is 16.6. The Balaban J connectivity index is 1.36. The SMILES string of the molecule is O=C(OC1CCCCC1)C12C3C([N+](=O)[O-])=CC([N+](=O)[O-])=CC3=C3c4ccccc4CCN3C1(C(=O)OC1CCCCC1)C21c2ccccc2-c2ccccc21. The molecule has 3 atom stereocenters. The molecule has 11 nitrogen and oxygen atoms in total. The number of carbonyl (C=O) groups is 2. The van der Waals surface area contributed by atoms with Crippen molar-refractivity contribution >= 4 is 17.6 Å². The van der Waals surface area contributed by atoms with E-state index in [1.54, 1.807) is 0 Å². The number of esters is 2. The fraction of sp³-hybridized carbons (Fsp3) is 0.409. The van der Waals surface area contributed by atoms with Crippen molar-refractivity contribution in [3.05, 3.63) is 144 Å². The molecule has 2 heterocycles. The van der Waals surface area contributed by atoms with E-state index in [1.807, 2.05) is 77.7 Å². The highest BCUT2D eigenvalue weighted by Crippen LogP contribution is 2.88. The molecule has 7 aliphatic rings. The van der Waals surface area contributed by atoms with Crippen molar-refractivity contribution in [1.29, 1.82) is 0 Å². The Labute approximate surface area is 318 Å². The second-order valence-corrected chi connectivity index (χ2v) is 16.1. The zero-order valence-corrected chi connectivity index (χ0v) is 30.4. The van der Waals surface area contributed by atoms with Crippen LogP contribution in [-0.2, 0) is 30.9 Å². The number of allylic oxidation sites excluding steroid dienone is 3. The molecule has 5 aliphatic carbocycles. The molecule has 3 fully saturated rings. The molecule has 55 heavy (non-hydrogen) atoms. The van der Waals surface area contributed by atoms with E-state index >= 15 is 9.59 Å². The van der Waals surface area contributed by atoms with Crippen molar-refractivity contribution < 1.29 is 28.9 Å². The summed E-state index contributed by atoms with van der Waals surface area (Å²) in [7, 11) is 0. The fourth-order valence-corrected chi connectivity index (χ4v) is 11.9. The average Bonchev–Trinajstić information content (AvgIpc) is 3.70. The van der Waals surface area contributed by atoms with Crippen LogP contribution in [0.1, 0.15) is 86.5 Å². The number of hydrogen-bond acceptors (Lipinski definition) is 9. The molecule has 0 saturated heterocycles. The second-order valence-electron chi connectivity index (χ2n) is 16.1. The number of benzene rings is 3. The zero-order chi connectivity index (χ0) is 37.7. The lowest BCUT2D eigenvalue weighted by atomic mass is 9.67. The smallest absolute Gasteiger partial charge is 0.334 e. The molecule has 3 aromatic rings. The predicted molar refractivity (Wildman–Crippen MR) is 201 cm³/mol. The van der Waals surface area contributed by atoms with Crippen molar-refractivity contribution in [3.8, 4) is 11.1 Å².